The summed E-state index contributed by atoms with van der Waals surface area (Å²) < 4.78 is 13.0. The summed E-state index contributed by atoms with van der Waals surface area (Å²) in [5.41, 5.74) is 1.18. The zero-order valence-corrected chi connectivity index (χ0v) is 12.9. The molecule has 2 nitrogen and oxygen atoms in total. The van der Waals surface area contributed by atoms with Crippen molar-refractivity contribution in [2.75, 3.05) is 6.54 Å². The molecule has 4 atom stereocenters. The van der Waals surface area contributed by atoms with Crippen LogP contribution in [0.1, 0.15) is 57.1 Å². The van der Waals surface area contributed by atoms with Gasteiger partial charge in [0.05, 0.1) is 0 Å². The van der Waals surface area contributed by atoms with Crippen LogP contribution in [-0.2, 0) is 0 Å². The van der Waals surface area contributed by atoms with Crippen LogP contribution in [-0.4, -0.2) is 18.6 Å². The standard InChI is InChI=1S/C18H27FN2/c1-13(14-8-10-15(19)11-9-14)21-18-6-3-2-5-16(18)17-7-4-12-20-17/h8-11,13,16-18,20-21H,2-7,12H2,1H3. The molecule has 0 amide bonds. The van der Waals surface area contributed by atoms with E-state index in [1.807, 2.05) is 12.1 Å². The fourth-order valence-corrected chi connectivity index (χ4v) is 4.09. The van der Waals surface area contributed by atoms with E-state index in [9.17, 15) is 4.39 Å². The van der Waals surface area contributed by atoms with Crippen molar-refractivity contribution in [2.45, 2.75) is 63.6 Å². The summed E-state index contributed by atoms with van der Waals surface area (Å²) in [5.74, 6) is 0.598. The van der Waals surface area contributed by atoms with Gasteiger partial charge in [-0.15, -0.1) is 0 Å². The average molecular weight is 290 g/mol. The third-order valence-electron chi connectivity index (χ3n) is 5.27. The highest BCUT2D eigenvalue weighted by Crippen LogP contribution is 2.32. The Labute approximate surface area is 127 Å². The number of nitrogens with one attached hydrogen (secondary N) is 2. The number of halogens is 1. The van der Waals surface area contributed by atoms with E-state index in [1.54, 1.807) is 12.1 Å². The van der Waals surface area contributed by atoms with Crippen molar-refractivity contribution in [2.24, 2.45) is 5.92 Å². The van der Waals surface area contributed by atoms with Crippen LogP contribution < -0.4 is 10.6 Å². The van der Waals surface area contributed by atoms with Crippen LogP contribution in [0, 0.1) is 11.7 Å². The number of rotatable bonds is 4. The van der Waals surface area contributed by atoms with Crippen LogP contribution in [0.25, 0.3) is 0 Å². The minimum Gasteiger partial charge on any atom is -0.314 e. The van der Waals surface area contributed by atoms with E-state index in [1.165, 1.54) is 50.6 Å². The van der Waals surface area contributed by atoms with Crippen molar-refractivity contribution in [1.82, 2.24) is 10.6 Å². The summed E-state index contributed by atoms with van der Waals surface area (Å²) in [5, 5.41) is 7.51. The fraction of sp³-hybridized carbons (Fsp3) is 0.667. The third kappa shape index (κ3) is 3.64. The molecule has 2 fully saturated rings. The molecular weight excluding hydrogens is 263 g/mol. The lowest BCUT2D eigenvalue weighted by atomic mass is 9.79. The zero-order valence-electron chi connectivity index (χ0n) is 12.9. The molecule has 0 bridgehead atoms. The predicted octanol–water partition coefficient (Wildman–Crippen LogP) is 3.79. The molecule has 116 valence electrons. The Morgan fingerprint density at radius 2 is 1.86 bits per heavy atom. The Morgan fingerprint density at radius 3 is 2.57 bits per heavy atom. The molecule has 0 aromatic heterocycles. The highest BCUT2D eigenvalue weighted by Gasteiger charge is 2.33. The summed E-state index contributed by atoms with van der Waals surface area (Å²) in [7, 11) is 0. The predicted molar refractivity (Wildman–Crippen MR) is 84.7 cm³/mol. The van der Waals surface area contributed by atoms with Crippen molar-refractivity contribution in [3.05, 3.63) is 35.6 Å². The maximum atomic E-state index is 13.0. The second-order valence-corrected chi connectivity index (χ2v) is 6.70. The number of hydrogen-bond acceptors (Lipinski definition) is 2. The molecule has 21 heavy (non-hydrogen) atoms. The topological polar surface area (TPSA) is 24.1 Å². The van der Waals surface area contributed by atoms with E-state index >= 15 is 0 Å². The van der Waals surface area contributed by atoms with Gasteiger partial charge in [-0.2, -0.15) is 0 Å². The maximum Gasteiger partial charge on any atom is 0.123 e. The third-order valence-corrected chi connectivity index (χ3v) is 5.27. The first-order chi connectivity index (χ1) is 10.2. The SMILES string of the molecule is CC(NC1CCCCC1C1CCCN1)c1ccc(F)cc1. The van der Waals surface area contributed by atoms with E-state index in [0.29, 0.717) is 12.1 Å². The smallest absolute Gasteiger partial charge is 0.123 e. The Bertz CT molecular complexity index is 439. The van der Waals surface area contributed by atoms with E-state index < -0.39 is 0 Å². The van der Waals surface area contributed by atoms with Gasteiger partial charge in [0.15, 0.2) is 0 Å². The molecule has 1 saturated heterocycles. The summed E-state index contributed by atoms with van der Waals surface area (Å²) in [6.07, 6.45) is 7.96. The highest BCUT2D eigenvalue weighted by atomic mass is 19.1. The van der Waals surface area contributed by atoms with Crippen molar-refractivity contribution >= 4 is 0 Å². The van der Waals surface area contributed by atoms with Crippen LogP contribution in [0.2, 0.25) is 0 Å². The first kappa shape index (κ1) is 15.0. The largest absolute Gasteiger partial charge is 0.314 e. The van der Waals surface area contributed by atoms with Gasteiger partial charge in [0.2, 0.25) is 0 Å². The van der Waals surface area contributed by atoms with Crippen molar-refractivity contribution in [3.8, 4) is 0 Å². The van der Waals surface area contributed by atoms with Crippen molar-refractivity contribution in [3.63, 3.8) is 0 Å². The van der Waals surface area contributed by atoms with Gasteiger partial charge in [0.25, 0.3) is 0 Å². The molecular formula is C18H27FN2. The summed E-state index contributed by atoms with van der Waals surface area (Å²) >= 11 is 0. The lowest BCUT2D eigenvalue weighted by Crippen LogP contribution is -2.47. The van der Waals surface area contributed by atoms with Crippen LogP contribution in [0.5, 0.6) is 0 Å². The highest BCUT2D eigenvalue weighted by molar-refractivity contribution is 5.19. The maximum absolute atomic E-state index is 13.0. The monoisotopic (exact) mass is 290 g/mol. The van der Waals surface area contributed by atoms with Crippen molar-refractivity contribution in [1.29, 1.82) is 0 Å². The van der Waals surface area contributed by atoms with E-state index in [-0.39, 0.29) is 11.9 Å². The quantitative estimate of drug-likeness (QED) is 0.881. The van der Waals surface area contributed by atoms with Gasteiger partial charge >= 0.3 is 0 Å². The van der Waals surface area contributed by atoms with Gasteiger partial charge < -0.3 is 10.6 Å². The molecule has 2 aliphatic rings. The molecule has 1 heterocycles. The molecule has 0 spiro atoms. The van der Waals surface area contributed by atoms with Gasteiger partial charge in [0.1, 0.15) is 5.82 Å². The molecule has 0 radical (unpaired) electrons. The van der Waals surface area contributed by atoms with Crippen molar-refractivity contribution < 1.29 is 4.39 Å². The van der Waals surface area contributed by atoms with Gasteiger partial charge in [-0.1, -0.05) is 25.0 Å². The molecule has 1 aromatic rings. The second-order valence-electron chi connectivity index (χ2n) is 6.70. The number of benzene rings is 1. The number of hydrogen-bond donors (Lipinski definition) is 2. The Morgan fingerprint density at radius 1 is 1.10 bits per heavy atom. The van der Waals surface area contributed by atoms with Gasteiger partial charge in [-0.25, -0.2) is 4.39 Å². The molecule has 3 rings (SSSR count). The molecule has 1 aliphatic heterocycles. The van der Waals surface area contributed by atoms with E-state index in [4.69, 9.17) is 0 Å². The van der Waals surface area contributed by atoms with Crippen LogP contribution in [0.3, 0.4) is 0 Å². The molecule has 1 aliphatic carbocycles. The lowest BCUT2D eigenvalue weighted by Gasteiger charge is -2.38. The van der Waals surface area contributed by atoms with E-state index in [0.717, 1.165) is 5.92 Å². The van der Waals surface area contributed by atoms with E-state index in [2.05, 4.69) is 17.6 Å². The molecule has 1 aromatic carbocycles. The average Bonchev–Trinajstić information content (AvgIpc) is 3.02. The Kier molecular flexibility index (Phi) is 4.91. The van der Waals surface area contributed by atoms with Gasteiger partial charge in [0, 0.05) is 18.1 Å². The van der Waals surface area contributed by atoms with Gasteiger partial charge in [-0.05, 0) is 62.8 Å². The molecule has 2 N–H and O–H groups in total. The van der Waals surface area contributed by atoms with Crippen LogP contribution in [0.15, 0.2) is 24.3 Å². The summed E-state index contributed by atoms with van der Waals surface area (Å²) in [4.78, 5) is 0. The second kappa shape index (κ2) is 6.89. The van der Waals surface area contributed by atoms with Crippen LogP contribution in [0.4, 0.5) is 4.39 Å². The molecule has 3 heteroatoms. The minimum absolute atomic E-state index is 0.156. The minimum atomic E-state index is -0.156. The zero-order chi connectivity index (χ0) is 14.7. The van der Waals surface area contributed by atoms with Crippen LogP contribution >= 0.6 is 0 Å². The molecule has 4 unspecified atom stereocenters. The fourth-order valence-electron chi connectivity index (χ4n) is 4.09. The first-order valence-corrected chi connectivity index (χ1v) is 8.49. The Balaban J connectivity index is 1.64. The lowest BCUT2D eigenvalue weighted by molar-refractivity contribution is 0.203. The van der Waals surface area contributed by atoms with Gasteiger partial charge in [-0.3, -0.25) is 0 Å². The summed E-state index contributed by atoms with van der Waals surface area (Å²) in [6.45, 7) is 3.38. The Hall–Kier alpha value is -0.930. The summed E-state index contributed by atoms with van der Waals surface area (Å²) in [6, 6.07) is 8.50. The first-order valence-electron chi connectivity index (χ1n) is 8.49. The normalized spacial score (nSPS) is 31.2. The molecule has 1 saturated carbocycles.